The summed E-state index contributed by atoms with van der Waals surface area (Å²) in [6.45, 7) is 2.04. The predicted octanol–water partition coefficient (Wildman–Crippen LogP) is 1.31. The van der Waals surface area contributed by atoms with Gasteiger partial charge in [-0.3, -0.25) is 0 Å². The van der Waals surface area contributed by atoms with E-state index in [1.54, 1.807) is 17.7 Å². The lowest BCUT2D eigenvalue weighted by molar-refractivity contribution is 0.0527. The molecule has 3 rings (SSSR count). The van der Waals surface area contributed by atoms with Crippen LogP contribution < -0.4 is 5.73 Å². The van der Waals surface area contributed by atoms with Crippen molar-refractivity contribution in [2.45, 2.75) is 36.0 Å². The number of aromatic nitrogens is 5. The highest BCUT2D eigenvalue weighted by molar-refractivity contribution is 7.99. The molecule has 8 nitrogen and oxygen atoms in total. The molecule has 0 bridgehead atoms. The fourth-order valence-corrected chi connectivity index (χ4v) is 2.61. The van der Waals surface area contributed by atoms with Crippen molar-refractivity contribution in [3.05, 3.63) is 17.8 Å². The monoisotopic (exact) mass is 306 g/mol. The highest BCUT2D eigenvalue weighted by Crippen LogP contribution is 2.37. The van der Waals surface area contributed by atoms with Crippen molar-refractivity contribution in [1.82, 2.24) is 25.2 Å². The molecule has 2 aromatic rings. The fraction of sp³-hybridized carbons (Fsp3) is 0.417. The Morgan fingerprint density at radius 2 is 2.38 bits per heavy atom. The summed E-state index contributed by atoms with van der Waals surface area (Å²) in [5.74, 6) is -0.457. The Bertz CT molecular complexity index is 670. The highest BCUT2D eigenvalue weighted by Gasteiger charge is 2.28. The van der Waals surface area contributed by atoms with Gasteiger partial charge in [0.1, 0.15) is 5.03 Å². The number of rotatable bonds is 5. The summed E-state index contributed by atoms with van der Waals surface area (Å²) < 4.78 is 6.75. The molecule has 110 valence electrons. The molecule has 2 N–H and O–H groups in total. The summed E-state index contributed by atoms with van der Waals surface area (Å²) in [6.07, 6.45) is 3.61. The molecule has 1 fully saturated rings. The van der Waals surface area contributed by atoms with Gasteiger partial charge in [-0.2, -0.15) is 0 Å². The van der Waals surface area contributed by atoms with Crippen LogP contribution in [-0.4, -0.2) is 37.8 Å². The first-order valence-corrected chi connectivity index (χ1v) is 7.39. The van der Waals surface area contributed by atoms with Crippen molar-refractivity contribution >= 4 is 23.4 Å². The second-order valence-electron chi connectivity index (χ2n) is 4.57. The number of nitrogens with two attached hydrogens (primary N) is 1. The summed E-state index contributed by atoms with van der Waals surface area (Å²) in [4.78, 5) is 16.0. The predicted molar refractivity (Wildman–Crippen MR) is 74.8 cm³/mol. The van der Waals surface area contributed by atoms with Gasteiger partial charge in [0.2, 0.25) is 5.16 Å². The number of esters is 1. The Morgan fingerprint density at radius 3 is 3.10 bits per heavy atom. The van der Waals surface area contributed by atoms with Crippen LogP contribution in [0, 0.1) is 0 Å². The molecule has 0 spiro atoms. The number of tetrazole rings is 1. The van der Waals surface area contributed by atoms with E-state index in [1.807, 2.05) is 0 Å². The van der Waals surface area contributed by atoms with Crippen LogP contribution in [0.3, 0.4) is 0 Å². The summed E-state index contributed by atoms with van der Waals surface area (Å²) in [6, 6.07) is 1.98. The molecular formula is C12H14N6O2S. The van der Waals surface area contributed by atoms with E-state index in [-0.39, 0.29) is 0 Å². The van der Waals surface area contributed by atoms with Gasteiger partial charge >= 0.3 is 5.97 Å². The molecule has 0 saturated heterocycles. The van der Waals surface area contributed by atoms with E-state index >= 15 is 0 Å². The molecule has 0 unspecified atom stereocenters. The molecule has 1 saturated carbocycles. The van der Waals surface area contributed by atoms with Crippen molar-refractivity contribution < 1.29 is 9.53 Å². The van der Waals surface area contributed by atoms with Gasteiger partial charge in [-0.25, -0.2) is 14.5 Å². The first-order valence-electron chi connectivity index (χ1n) is 6.57. The minimum atomic E-state index is -0.457. The van der Waals surface area contributed by atoms with Gasteiger partial charge in [-0.1, -0.05) is 0 Å². The van der Waals surface area contributed by atoms with Crippen LogP contribution in [0.4, 0.5) is 5.69 Å². The van der Waals surface area contributed by atoms with Gasteiger partial charge in [0, 0.05) is 0 Å². The molecule has 0 radical (unpaired) electrons. The number of pyridine rings is 1. The van der Waals surface area contributed by atoms with E-state index in [1.165, 1.54) is 18.0 Å². The molecule has 0 aromatic carbocycles. The van der Waals surface area contributed by atoms with Crippen LogP contribution in [-0.2, 0) is 4.74 Å². The van der Waals surface area contributed by atoms with Gasteiger partial charge in [0.15, 0.2) is 0 Å². The number of nitrogens with zero attached hydrogens (tertiary/aromatic N) is 5. The largest absolute Gasteiger partial charge is 0.462 e. The van der Waals surface area contributed by atoms with Gasteiger partial charge in [0.25, 0.3) is 0 Å². The molecule has 0 amide bonds. The van der Waals surface area contributed by atoms with E-state index in [0.717, 1.165) is 12.8 Å². The van der Waals surface area contributed by atoms with Crippen LogP contribution in [0.1, 0.15) is 36.2 Å². The number of hydrogen-bond donors (Lipinski definition) is 1. The topological polar surface area (TPSA) is 109 Å². The average Bonchev–Trinajstić information content (AvgIpc) is 3.21. The number of carbonyl (C=O) groups excluding carboxylic acids is 1. The number of hydrogen-bond acceptors (Lipinski definition) is 8. The van der Waals surface area contributed by atoms with Crippen molar-refractivity contribution in [3.8, 4) is 0 Å². The Balaban J connectivity index is 1.83. The lowest BCUT2D eigenvalue weighted by Crippen LogP contribution is -2.09. The molecule has 9 heteroatoms. The van der Waals surface area contributed by atoms with E-state index in [9.17, 15) is 4.79 Å². The molecule has 2 heterocycles. The average molecular weight is 306 g/mol. The van der Waals surface area contributed by atoms with E-state index in [4.69, 9.17) is 10.5 Å². The summed E-state index contributed by atoms with van der Waals surface area (Å²) in [7, 11) is 0. The number of ether oxygens (including phenoxy) is 1. The van der Waals surface area contributed by atoms with Gasteiger partial charge < -0.3 is 10.5 Å². The van der Waals surface area contributed by atoms with Gasteiger partial charge in [0.05, 0.1) is 30.1 Å². The zero-order valence-corrected chi connectivity index (χ0v) is 12.2. The quantitative estimate of drug-likeness (QED) is 0.824. The molecule has 1 aliphatic rings. The molecule has 1 aliphatic carbocycles. The summed E-state index contributed by atoms with van der Waals surface area (Å²) in [5.41, 5.74) is 6.36. The smallest absolute Gasteiger partial charge is 0.340 e. The fourth-order valence-electron chi connectivity index (χ4n) is 1.78. The SMILES string of the molecule is CCOC(=O)c1cc(Sc2nnnn2C2CC2)ncc1N. The second-order valence-corrected chi connectivity index (χ2v) is 5.56. The van der Waals surface area contributed by atoms with E-state index < -0.39 is 5.97 Å². The standard InChI is InChI=1S/C12H14N6O2S/c1-2-20-11(19)8-5-10(14-6-9(8)13)21-12-15-16-17-18(12)7-3-4-7/h5-7H,2-4,13H2,1H3. The van der Waals surface area contributed by atoms with Crippen molar-refractivity contribution in [1.29, 1.82) is 0 Å². The van der Waals surface area contributed by atoms with E-state index in [2.05, 4.69) is 20.5 Å². The van der Waals surface area contributed by atoms with Crippen LogP contribution >= 0.6 is 11.8 Å². The third-order valence-corrected chi connectivity index (χ3v) is 3.84. The molecule has 21 heavy (non-hydrogen) atoms. The molecule has 0 aliphatic heterocycles. The van der Waals surface area contributed by atoms with Crippen molar-refractivity contribution in [2.75, 3.05) is 12.3 Å². The summed E-state index contributed by atoms with van der Waals surface area (Å²) >= 11 is 1.30. The number of nitrogen functional groups attached to an aromatic ring is 1. The minimum absolute atomic E-state index is 0.291. The summed E-state index contributed by atoms with van der Waals surface area (Å²) in [5, 5.41) is 12.9. The zero-order chi connectivity index (χ0) is 14.8. The Morgan fingerprint density at radius 1 is 1.57 bits per heavy atom. The maximum atomic E-state index is 11.8. The maximum Gasteiger partial charge on any atom is 0.340 e. The number of carbonyl (C=O) groups is 1. The first kappa shape index (κ1) is 13.8. The van der Waals surface area contributed by atoms with Gasteiger partial charge in [-0.05, 0) is 48.0 Å². The molecule has 0 atom stereocenters. The van der Waals surface area contributed by atoms with Crippen LogP contribution in [0.25, 0.3) is 0 Å². The van der Waals surface area contributed by atoms with E-state index in [0.29, 0.717) is 34.1 Å². The van der Waals surface area contributed by atoms with Crippen LogP contribution in [0.15, 0.2) is 22.4 Å². The third kappa shape index (κ3) is 2.97. The zero-order valence-electron chi connectivity index (χ0n) is 11.4. The minimum Gasteiger partial charge on any atom is -0.462 e. The molecular weight excluding hydrogens is 292 g/mol. The third-order valence-electron chi connectivity index (χ3n) is 2.96. The Kier molecular flexibility index (Phi) is 3.74. The number of anilines is 1. The van der Waals surface area contributed by atoms with Crippen LogP contribution in [0.5, 0.6) is 0 Å². The molecule has 2 aromatic heterocycles. The van der Waals surface area contributed by atoms with Gasteiger partial charge in [-0.15, -0.1) is 5.10 Å². The van der Waals surface area contributed by atoms with Crippen LogP contribution in [0.2, 0.25) is 0 Å². The lowest BCUT2D eigenvalue weighted by Gasteiger charge is -2.07. The maximum absolute atomic E-state index is 11.8. The first-order chi connectivity index (χ1) is 10.2. The Hall–Kier alpha value is -2.16. The van der Waals surface area contributed by atoms with Crippen molar-refractivity contribution in [2.24, 2.45) is 0 Å². The Labute approximate surface area is 125 Å². The normalized spacial score (nSPS) is 14.1. The lowest BCUT2D eigenvalue weighted by atomic mass is 10.2. The second kappa shape index (κ2) is 5.68. The van der Waals surface area contributed by atoms with Crippen molar-refractivity contribution in [3.63, 3.8) is 0 Å². The highest BCUT2D eigenvalue weighted by atomic mass is 32.2.